The Balaban J connectivity index is 1.92. The molecule has 2 fully saturated rings. The molecule has 0 radical (unpaired) electrons. The van der Waals surface area contributed by atoms with Crippen molar-refractivity contribution in [1.82, 2.24) is 4.90 Å². The molecule has 1 saturated heterocycles. The van der Waals surface area contributed by atoms with Gasteiger partial charge in [-0.25, -0.2) is 0 Å². The van der Waals surface area contributed by atoms with Gasteiger partial charge in [0.05, 0.1) is 0 Å². The first-order chi connectivity index (χ1) is 7.70. The minimum atomic E-state index is 0.410. The smallest absolute Gasteiger partial charge is 0.223 e. The normalized spacial score (nSPS) is 36.5. The second-order valence-corrected chi connectivity index (χ2v) is 5.79. The third kappa shape index (κ3) is 2.58. The zero-order valence-electron chi connectivity index (χ0n) is 10.7. The lowest BCUT2D eigenvalue weighted by Gasteiger charge is -2.27. The first-order valence-corrected chi connectivity index (χ1v) is 7.00. The monoisotopic (exact) mass is 223 g/mol. The summed E-state index contributed by atoms with van der Waals surface area (Å²) in [6, 6.07) is 0.564. The fraction of sp³-hybridized carbons (Fsp3) is 0.929. The number of hydrogen-bond acceptors (Lipinski definition) is 1. The molecule has 0 aromatic rings. The van der Waals surface area contributed by atoms with Gasteiger partial charge in [0.25, 0.3) is 0 Å². The molecule has 92 valence electrons. The predicted molar refractivity (Wildman–Crippen MR) is 66.1 cm³/mol. The van der Waals surface area contributed by atoms with E-state index in [1.54, 1.807) is 0 Å². The summed E-state index contributed by atoms with van der Waals surface area (Å²) in [5.74, 6) is 1.91. The first-order valence-electron chi connectivity index (χ1n) is 7.00. The highest BCUT2D eigenvalue weighted by Gasteiger charge is 2.32. The van der Waals surface area contributed by atoms with Gasteiger partial charge >= 0.3 is 0 Å². The number of amides is 1. The highest BCUT2D eigenvalue weighted by atomic mass is 16.2. The van der Waals surface area contributed by atoms with Crippen molar-refractivity contribution >= 4 is 5.91 Å². The fourth-order valence-electron chi connectivity index (χ4n) is 3.35. The van der Waals surface area contributed by atoms with Crippen molar-refractivity contribution in [1.29, 1.82) is 0 Å². The van der Waals surface area contributed by atoms with E-state index in [-0.39, 0.29) is 0 Å². The van der Waals surface area contributed by atoms with Gasteiger partial charge in [0.15, 0.2) is 0 Å². The molecule has 1 aliphatic heterocycles. The van der Waals surface area contributed by atoms with Gasteiger partial charge in [-0.15, -0.1) is 0 Å². The molecule has 0 aromatic heterocycles. The summed E-state index contributed by atoms with van der Waals surface area (Å²) in [5, 5.41) is 0. The van der Waals surface area contributed by atoms with Crippen molar-refractivity contribution in [2.45, 2.75) is 64.8 Å². The van der Waals surface area contributed by atoms with E-state index in [0.717, 1.165) is 18.9 Å². The molecule has 1 heterocycles. The van der Waals surface area contributed by atoms with Crippen molar-refractivity contribution in [3.8, 4) is 0 Å². The molecule has 1 amide bonds. The van der Waals surface area contributed by atoms with Crippen LogP contribution in [0.1, 0.15) is 58.8 Å². The molecule has 0 bridgehead atoms. The maximum atomic E-state index is 11.9. The molecule has 0 spiro atoms. The Bertz CT molecular complexity index is 251. The van der Waals surface area contributed by atoms with Crippen LogP contribution in [-0.2, 0) is 4.79 Å². The number of likely N-dealkylation sites (tertiary alicyclic amines) is 1. The van der Waals surface area contributed by atoms with E-state index in [9.17, 15) is 4.79 Å². The van der Waals surface area contributed by atoms with Crippen molar-refractivity contribution in [3.05, 3.63) is 0 Å². The molecule has 16 heavy (non-hydrogen) atoms. The molecular formula is C14H25NO. The van der Waals surface area contributed by atoms with Crippen LogP contribution in [0.4, 0.5) is 0 Å². The highest BCUT2D eigenvalue weighted by Crippen LogP contribution is 2.31. The van der Waals surface area contributed by atoms with E-state index in [0.29, 0.717) is 17.9 Å². The number of hydrogen-bond donors (Lipinski definition) is 0. The molecule has 0 N–H and O–H groups in total. The largest absolute Gasteiger partial charge is 0.339 e. The molecule has 2 nitrogen and oxygen atoms in total. The zero-order valence-corrected chi connectivity index (χ0v) is 10.7. The lowest BCUT2D eigenvalue weighted by atomic mass is 9.97. The Morgan fingerprint density at radius 3 is 2.69 bits per heavy atom. The Labute approximate surface area is 99.4 Å². The molecule has 2 rings (SSSR count). The van der Waals surface area contributed by atoms with E-state index < -0.39 is 0 Å². The van der Waals surface area contributed by atoms with Gasteiger partial charge < -0.3 is 4.90 Å². The maximum absolute atomic E-state index is 11.9. The van der Waals surface area contributed by atoms with Crippen LogP contribution < -0.4 is 0 Å². The quantitative estimate of drug-likeness (QED) is 0.658. The standard InChI is InChI=1S/C14H25NO/c1-3-12-5-4-6-13(8-7-12)15-10-11(2)9-14(15)16/h11-13H,3-10H2,1-2H3. The molecule has 3 unspecified atom stereocenters. The predicted octanol–water partition coefficient (Wildman–Crippen LogP) is 3.21. The van der Waals surface area contributed by atoms with Crippen molar-refractivity contribution in [2.75, 3.05) is 6.54 Å². The van der Waals surface area contributed by atoms with Crippen LogP contribution in [-0.4, -0.2) is 23.4 Å². The minimum Gasteiger partial charge on any atom is -0.339 e. The summed E-state index contributed by atoms with van der Waals surface area (Å²) in [7, 11) is 0. The molecular weight excluding hydrogens is 198 g/mol. The van der Waals surface area contributed by atoms with Gasteiger partial charge in [-0.05, 0) is 31.1 Å². The lowest BCUT2D eigenvalue weighted by Crippen LogP contribution is -2.36. The van der Waals surface area contributed by atoms with E-state index in [2.05, 4.69) is 18.7 Å². The molecule has 1 aliphatic carbocycles. The van der Waals surface area contributed by atoms with E-state index in [4.69, 9.17) is 0 Å². The third-order valence-electron chi connectivity index (χ3n) is 4.43. The number of carbonyl (C=O) groups is 1. The molecule has 3 atom stereocenters. The van der Waals surface area contributed by atoms with E-state index in [1.165, 1.54) is 38.5 Å². The Morgan fingerprint density at radius 1 is 1.25 bits per heavy atom. The molecule has 2 heteroatoms. The van der Waals surface area contributed by atoms with E-state index >= 15 is 0 Å². The summed E-state index contributed by atoms with van der Waals surface area (Å²) < 4.78 is 0. The van der Waals surface area contributed by atoms with Crippen molar-refractivity contribution < 1.29 is 4.79 Å². The van der Waals surface area contributed by atoms with Gasteiger partial charge in [-0.1, -0.05) is 33.1 Å². The van der Waals surface area contributed by atoms with Crippen LogP contribution in [0.25, 0.3) is 0 Å². The van der Waals surface area contributed by atoms with Crippen LogP contribution in [0.3, 0.4) is 0 Å². The van der Waals surface area contributed by atoms with Gasteiger partial charge in [-0.3, -0.25) is 4.79 Å². The van der Waals surface area contributed by atoms with Crippen molar-refractivity contribution in [2.24, 2.45) is 11.8 Å². The summed E-state index contributed by atoms with van der Waals surface area (Å²) in [6.45, 7) is 5.51. The molecule has 2 aliphatic rings. The van der Waals surface area contributed by atoms with Gasteiger partial charge in [0.1, 0.15) is 0 Å². The second kappa shape index (κ2) is 5.20. The van der Waals surface area contributed by atoms with E-state index in [1.807, 2.05) is 0 Å². The summed E-state index contributed by atoms with van der Waals surface area (Å²) in [4.78, 5) is 14.1. The summed E-state index contributed by atoms with van der Waals surface area (Å²) in [6.07, 6.45) is 8.63. The summed E-state index contributed by atoms with van der Waals surface area (Å²) in [5.41, 5.74) is 0. The van der Waals surface area contributed by atoms with Crippen LogP contribution in [0.15, 0.2) is 0 Å². The Morgan fingerprint density at radius 2 is 2.06 bits per heavy atom. The summed E-state index contributed by atoms with van der Waals surface area (Å²) >= 11 is 0. The number of nitrogens with zero attached hydrogens (tertiary/aromatic N) is 1. The van der Waals surface area contributed by atoms with Crippen LogP contribution >= 0.6 is 0 Å². The van der Waals surface area contributed by atoms with Crippen LogP contribution in [0.2, 0.25) is 0 Å². The maximum Gasteiger partial charge on any atom is 0.223 e. The molecule has 0 aromatic carbocycles. The molecule has 1 saturated carbocycles. The van der Waals surface area contributed by atoms with Gasteiger partial charge in [0, 0.05) is 19.0 Å². The number of carbonyl (C=O) groups excluding carboxylic acids is 1. The first kappa shape index (κ1) is 11.9. The minimum absolute atomic E-state index is 0.410. The number of rotatable bonds is 2. The van der Waals surface area contributed by atoms with Gasteiger partial charge in [-0.2, -0.15) is 0 Å². The third-order valence-corrected chi connectivity index (χ3v) is 4.43. The topological polar surface area (TPSA) is 20.3 Å². The highest BCUT2D eigenvalue weighted by molar-refractivity contribution is 5.78. The average molecular weight is 223 g/mol. The van der Waals surface area contributed by atoms with Gasteiger partial charge in [0.2, 0.25) is 5.91 Å². The Hall–Kier alpha value is -0.530. The average Bonchev–Trinajstić information content (AvgIpc) is 2.51. The second-order valence-electron chi connectivity index (χ2n) is 5.79. The SMILES string of the molecule is CCC1CCCC(N2CC(C)CC2=O)CC1. The zero-order chi connectivity index (χ0) is 11.5. The lowest BCUT2D eigenvalue weighted by molar-refractivity contribution is -0.129. The van der Waals surface area contributed by atoms with Crippen LogP contribution in [0.5, 0.6) is 0 Å². The van der Waals surface area contributed by atoms with Crippen LogP contribution in [0, 0.1) is 11.8 Å². The Kier molecular flexibility index (Phi) is 3.88. The van der Waals surface area contributed by atoms with Crippen molar-refractivity contribution in [3.63, 3.8) is 0 Å². The fourth-order valence-corrected chi connectivity index (χ4v) is 3.35.